The minimum atomic E-state index is -0.343. The van der Waals surface area contributed by atoms with E-state index in [-0.39, 0.29) is 5.97 Å². The Morgan fingerprint density at radius 3 is 2.47 bits per heavy atom. The highest BCUT2D eigenvalue weighted by Crippen LogP contribution is 2.45. The predicted molar refractivity (Wildman–Crippen MR) is 82.4 cm³/mol. The third-order valence-corrected chi connectivity index (χ3v) is 5.93. The van der Waals surface area contributed by atoms with Crippen LogP contribution in [0.1, 0.15) is 23.5 Å². The molecule has 1 aliphatic heterocycles. The second-order valence-electron chi connectivity index (χ2n) is 5.03. The van der Waals surface area contributed by atoms with Gasteiger partial charge in [-0.25, -0.2) is 4.79 Å². The highest BCUT2D eigenvalue weighted by molar-refractivity contribution is 7.99. The van der Waals surface area contributed by atoms with E-state index in [1.807, 2.05) is 6.26 Å². The zero-order valence-electron chi connectivity index (χ0n) is 11.7. The first-order valence-electron chi connectivity index (χ1n) is 6.29. The molecule has 2 N–H and O–H groups in total. The summed E-state index contributed by atoms with van der Waals surface area (Å²) in [6, 6.07) is 0. The minimum Gasteiger partial charge on any atom is -0.465 e. The molecule has 1 aliphatic rings. The molecule has 1 aromatic heterocycles. The number of methoxy groups -OCH3 is 1. The number of carbonyl (C=O) groups excluding carboxylic acids is 1. The van der Waals surface area contributed by atoms with E-state index in [0.717, 1.165) is 23.0 Å². The van der Waals surface area contributed by atoms with Gasteiger partial charge < -0.3 is 15.4 Å². The molecule has 2 atom stereocenters. The molecule has 2 unspecified atom stereocenters. The first-order chi connectivity index (χ1) is 8.99. The highest BCUT2D eigenvalue weighted by atomic mass is 32.2. The summed E-state index contributed by atoms with van der Waals surface area (Å²) < 4.78 is 4.80. The van der Waals surface area contributed by atoms with Crippen LogP contribution in [0.25, 0.3) is 0 Å². The number of thioether (sulfide) groups is 1. The molecular formula is C13H20N2O2S2. The van der Waals surface area contributed by atoms with Crippen LogP contribution in [0.4, 0.5) is 10.7 Å². The smallest absolute Gasteiger partial charge is 0.350 e. The summed E-state index contributed by atoms with van der Waals surface area (Å²) in [6.07, 6.45) is 1.99. The maximum Gasteiger partial charge on any atom is 0.350 e. The molecule has 1 aromatic rings. The maximum atomic E-state index is 11.7. The van der Waals surface area contributed by atoms with Crippen LogP contribution < -0.4 is 10.6 Å². The van der Waals surface area contributed by atoms with Gasteiger partial charge in [-0.3, -0.25) is 0 Å². The van der Waals surface area contributed by atoms with E-state index in [0.29, 0.717) is 22.4 Å². The lowest BCUT2D eigenvalue weighted by Crippen LogP contribution is -2.18. The van der Waals surface area contributed by atoms with Crippen molar-refractivity contribution in [3.8, 4) is 0 Å². The van der Waals surface area contributed by atoms with Crippen molar-refractivity contribution in [3.63, 3.8) is 0 Å². The number of carbonyl (C=O) groups is 1. The fourth-order valence-electron chi connectivity index (χ4n) is 2.36. The fourth-order valence-corrected chi connectivity index (χ4v) is 4.48. The molecule has 1 fully saturated rings. The molecule has 2 heterocycles. The number of rotatable bonds is 3. The Morgan fingerprint density at radius 2 is 2.00 bits per heavy atom. The number of anilines is 2. The Morgan fingerprint density at radius 1 is 1.42 bits per heavy atom. The van der Waals surface area contributed by atoms with Crippen LogP contribution in [0.2, 0.25) is 0 Å². The van der Waals surface area contributed by atoms with Crippen LogP contribution in [0, 0.1) is 11.8 Å². The summed E-state index contributed by atoms with van der Waals surface area (Å²) in [5, 5.41) is 1.11. The lowest BCUT2D eigenvalue weighted by Gasteiger charge is -2.17. The second-order valence-corrected chi connectivity index (χ2v) is 6.85. The van der Waals surface area contributed by atoms with Crippen molar-refractivity contribution in [1.29, 1.82) is 0 Å². The van der Waals surface area contributed by atoms with Crippen LogP contribution in [0.3, 0.4) is 0 Å². The summed E-state index contributed by atoms with van der Waals surface area (Å²) in [5.41, 5.74) is 6.65. The van der Waals surface area contributed by atoms with Crippen molar-refractivity contribution in [2.75, 3.05) is 37.1 Å². The van der Waals surface area contributed by atoms with Gasteiger partial charge in [0, 0.05) is 13.1 Å². The summed E-state index contributed by atoms with van der Waals surface area (Å²) in [7, 11) is 1.39. The van der Waals surface area contributed by atoms with Gasteiger partial charge in [-0.15, -0.1) is 23.1 Å². The fraction of sp³-hybridized carbons (Fsp3) is 0.615. The van der Waals surface area contributed by atoms with E-state index in [1.165, 1.54) is 18.4 Å². The number of hydrogen-bond donors (Lipinski definition) is 1. The topological polar surface area (TPSA) is 55.6 Å². The van der Waals surface area contributed by atoms with Gasteiger partial charge in [-0.2, -0.15) is 0 Å². The lowest BCUT2D eigenvalue weighted by molar-refractivity contribution is 0.0607. The summed E-state index contributed by atoms with van der Waals surface area (Å²) in [5.74, 6) is 0.989. The van der Waals surface area contributed by atoms with Gasteiger partial charge in [-0.05, 0) is 18.1 Å². The molecule has 1 saturated heterocycles. The van der Waals surface area contributed by atoms with Gasteiger partial charge in [0.1, 0.15) is 9.88 Å². The van der Waals surface area contributed by atoms with E-state index in [9.17, 15) is 4.79 Å². The number of nitrogens with zero attached hydrogens (tertiary/aromatic N) is 1. The third-order valence-electron chi connectivity index (χ3n) is 3.73. The average Bonchev–Trinajstić information content (AvgIpc) is 2.89. The van der Waals surface area contributed by atoms with Crippen molar-refractivity contribution in [3.05, 3.63) is 4.88 Å². The first kappa shape index (κ1) is 14.5. The van der Waals surface area contributed by atoms with Crippen LogP contribution in [0.15, 0.2) is 4.90 Å². The Kier molecular flexibility index (Phi) is 4.30. The van der Waals surface area contributed by atoms with Gasteiger partial charge >= 0.3 is 5.97 Å². The molecule has 0 radical (unpaired) electrons. The van der Waals surface area contributed by atoms with Crippen LogP contribution in [0.5, 0.6) is 0 Å². The Hall–Kier alpha value is -0.880. The quantitative estimate of drug-likeness (QED) is 0.687. The molecule has 4 nitrogen and oxygen atoms in total. The van der Waals surface area contributed by atoms with E-state index in [1.54, 1.807) is 11.8 Å². The number of esters is 1. The SMILES string of the molecule is COC(=O)c1sc(N2CC(C)C(C)C2)c(SC)c1N. The molecule has 106 valence electrons. The summed E-state index contributed by atoms with van der Waals surface area (Å²) in [4.78, 5) is 15.6. The Labute approximate surface area is 122 Å². The van der Waals surface area contributed by atoms with Crippen LogP contribution >= 0.6 is 23.1 Å². The molecule has 19 heavy (non-hydrogen) atoms. The van der Waals surface area contributed by atoms with Gasteiger partial charge in [0.25, 0.3) is 0 Å². The van der Waals surface area contributed by atoms with Crippen LogP contribution in [-0.2, 0) is 4.74 Å². The van der Waals surface area contributed by atoms with Crippen LogP contribution in [-0.4, -0.2) is 32.4 Å². The Balaban J connectivity index is 2.38. The van der Waals surface area contributed by atoms with E-state index < -0.39 is 0 Å². The number of nitrogen functional groups attached to an aromatic ring is 1. The van der Waals surface area contributed by atoms with E-state index in [4.69, 9.17) is 10.5 Å². The molecule has 0 spiro atoms. The number of thiophene rings is 1. The maximum absolute atomic E-state index is 11.7. The largest absolute Gasteiger partial charge is 0.465 e. The van der Waals surface area contributed by atoms with Gasteiger partial charge in [-0.1, -0.05) is 13.8 Å². The van der Waals surface area contributed by atoms with Crippen molar-refractivity contribution in [2.24, 2.45) is 11.8 Å². The molecule has 0 aliphatic carbocycles. The Bertz CT molecular complexity index is 477. The zero-order chi connectivity index (χ0) is 14.2. The number of ether oxygens (including phenoxy) is 1. The lowest BCUT2D eigenvalue weighted by atomic mass is 10.0. The molecule has 0 aromatic carbocycles. The van der Waals surface area contributed by atoms with Gasteiger partial charge in [0.2, 0.25) is 0 Å². The number of nitrogens with two attached hydrogens (primary N) is 1. The molecular weight excluding hydrogens is 280 g/mol. The van der Waals surface area contributed by atoms with E-state index >= 15 is 0 Å². The average molecular weight is 300 g/mol. The second kappa shape index (κ2) is 5.63. The minimum absolute atomic E-state index is 0.343. The third kappa shape index (κ3) is 2.56. The number of hydrogen-bond acceptors (Lipinski definition) is 6. The monoisotopic (exact) mass is 300 g/mol. The molecule has 0 bridgehead atoms. The zero-order valence-corrected chi connectivity index (χ0v) is 13.4. The standard InChI is InChI=1S/C13H20N2O2S2/c1-7-5-15(6-8(7)2)12-10(18-4)9(14)11(19-12)13(16)17-3/h7-8H,5-6,14H2,1-4H3. The molecule has 6 heteroatoms. The van der Waals surface area contributed by atoms with E-state index in [2.05, 4.69) is 18.7 Å². The first-order valence-corrected chi connectivity index (χ1v) is 8.33. The van der Waals surface area contributed by atoms with Gasteiger partial charge in [0.15, 0.2) is 0 Å². The van der Waals surface area contributed by atoms with Crippen molar-refractivity contribution in [2.45, 2.75) is 18.7 Å². The molecule has 2 rings (SSSR count). The molecule has 0 saturated carbocycles. The van der Waals surface area contributed by atoms with Crippen molar-refractivity contribution < 1.29 is 9.53 Å². The summed E-state index contributed by atoms with van der Waals surface area (Å²) >= 11 is 3.05. The van der Waals surface area contributed by atoms with Crippen molar-refractivity contribution in [1.82, 2.24) is 0 Å². The van der Waals surface area contributed by atoms with Gasteiger partial charge in [0.05, 0.1) is 17.7 Å². The van der Waals surface area contributed by atoms with Crippen molar-refractivity contribution >= 4 is 39.8 Å². The summed E-state index contributed by atoms with van der Waals surface area (Å²) in [6.45, 7) is 6.58. The molecule has 0 amide bonds. The predicted octanol–water partition coefficient (Wildman–Crippen LogP) is 2.93. The highest BCUT2D eigenvalue weighted by Gasteiger charge is 2.31. The normalized spacial score (nSPS) is 22.8.